The Bertz CT molecular complexity index is 75.8. The molecule has 0 atom stereocenters. The van der Waals surface area contributed by atoms with E-state index in [0.717, 1.165) is 0 Å². The third kappa shape index (κ3) is 11.0. The molecule has 0 aromatic carbocycles. The van der Waals surface area contributed by atoms with Gasteiger partial charge in [0.25, 0.3) is 0 Å². The van der Waals surface area contributed by atoms with Crippen LogP contribution < -0.4 is 0 Å². The van der Waals surface area contributed by atoms with E-state index in [9.17, 15) is 4.57 Å². The maximum Gasteiger partial charge on any atom is 0.458 e. The molecule has 1 radical (unpaired) electrons. The third-order valence-corrected chi connectivity index (χ3v) is 2.14. The normalized spacial score (nSPS) is 10.6. The largest absolute Gasteiger partial charge is 0.458 e. The van der Waals surface area contributed by atoms with Gasteiger partial charge >= 0.3 is 7.82 Å². The predicted molar refractivity (Wildman–Crippen MR) is 23.1 cm³/mol. The minimum absolute atomic E-state index is 0. The van der Waals surface area contributed by atoms with Gasteiger partial charge in [0.05, 0.1) is 0 Å². The van der Waals surface area contributed by atoms with Gasteiger partial charge in [0, 0.05) is 22.4 Å². The van der Waals surface area contributed by atoms with Crippen LogP contribution in [0.4, 0.5) is 0 Å². The minimum atomic E-state index is -4.08. The summed E-state index contributed by atoms with van der Waals surface area (Å²) >= 11 is 0. The Morgan fingerprint density at radius 2 is 1.71 bits per heavy atom. The Labute approximate surface area is 59.6 Å². The molecule has 0 spiro atoms. The third-order valence-electron chi connectivity index (χ3n) is 0.238. The van der Waals surface area contributed by atoms with Gasteiger partial charge in [0.2, 0.25) is 0 Å². The molecule has 0 heterocycles. The van der Waals surface area contributed by atoms with Crippen LogP contribution in [-0.4, -0.2) is 20.3 Å². The molecule has 4 nitrogen and oxygen atoms in total. The van der Waals surface area contributed by atoms with Crippen molar-refractivity contribution >= 4 is 18.3 Å². The van der Waals surface area contributed by atoms with Crippen molar-refractivity contribution < 1.29 is 40.9 Å². The average Bonchev–Trinajstić information content (AvgIpc) is 1.35. The van der Waals surface area contributed by atoms with Crippen LogP contribution >= 0.6 is 7.82 Å². The molecular formula is H5AgO4PSi. The summed E-state index contributed by atoms with van der Waals surface area (Å²) in [7, 11) is -4.00. The van der Waals surface area contributed by atoms with Crippen LogP contribution in [0, 0.1) is 0 Å². The smallest absolute Gasteiger partial charge is 0.342 e. The number of rotatable bonds is 1. The Morgan fingerprint density at radius 3 is 1.71 bits per heavy atom. The molecule has 0 aromatic rings. The topological polar surface area (TPSA) is 66.8 Å². The van der Waals surface area contributed by atoms with Crippen LogP contribution in [0.1, 0.15) is 0 Å². The monoisotopic (exact) mass is 235 g/mol. The molecule has 0 rings (SSSR count). The quantitative estimate of drug-likeness (QED) is 0.424. The van der Waals surface area contributed by atoms with Crippen LogP contribution in [0.2, 0.25) is 0 Å². The van der Waals surface area contributed by atoms with Crippen LogP contribution in [0.5, 0.6) is 0 Å². The van der Waals surface area contributed by atoms with Gasteiger partial charge < -0.3 is 14.0 Å². The fourth-order valence-corrected chi connectivity index (χ4v) is 0. The van der Waals surface area contributed by atoms with E-state index in [1.165, 1.54) is 0 Å². The van der Waals surface area contributed by atoms with Crippen molar-refractivity contribution in [2.45, 2.75) is 0 Å². The van der Waals surface area contributed by atoms with Crippen molar-refractivity contribution in [1.29, 1.82) is 0 Å². The van der Waals surface area contributed by atoms with E-state index in [4.69, 9.17) is 9.79 Å². The Kier molecular flexibility index (Phi) is 6.25. The van der Waals surface area contributed by atoms with E-state index >= 15 is 0 Å². The molecule has 0 fully saturated rings. The second-order valence-electron chi connectivity index (χ2n) is 0.673. The molecule has 7 heavy (non-hydrogen) atoms. The first-order valence-corrected chi connectivity index (χ1v) is 3.52. The second-order valence-corrected chi connectivity index (χ2v) is 3.11. The molecule has 0 unspecified atom stereocenters. The van der Waals surface area contributed by atoms with Gasteiger partial charge in [-0.2, -0.15) is 0 Å². The average molecular weight is 236 g/mol. The zero-order valence-electron chi connectivity index (χ0n) is 3.46. The van der Waals surface area contributed by atoms with Gasteiger partial charge in [-0.1, -0.05) is 0 Å². The van der Waals surface area contributed by atoms with E-state index in [0.29, 0.717) is 0 Å². The molecule has 49 valence electrons. The van der Waals surface area contributed by atoms with Crippen molar-refractivity contribution in [3.05, 3.63) is 0 Å². The molecular weight excluding hydrogens is 231 g/mol. The minimum Gasteiger partial charge on any atom is -0.342 e. The zero-order valence-corrected chi connectivity index (χ0v) is 7.84. The van der Waals surface area contributed by atoms with Gasteiger partial charge in [-0.25, -0.2) is 4.57 Å². The summed E-state index contributed by atoms with van der Waals surface area (Å²) in [5.41, 5.74) is 0. The van der Waals surface area contributed by atoms with Gasteiger partial charge in [0.1, 0.15) is 0 Å². The Balaban J connectivity index is 0. The molecule has 0 saturated heterocycles. The van der Waals surface area contributed by atoms with E-state index in [1.807, 2.05) is 0 Å². The van der Waals surface area contributed by atoms with Crippen molar-refractivity contribution in [2.24, 2.45) is 0 Å². The molecule has 0 aromatic heterocycles. The molecule has 2 N–H and O–H groups in total. The van der Waals surface area contributed by atoms with Crippen LogP contribution in [0.3, 0.4) is 0 Å². The Hall–Kier alpha value is 1.07. The molecule has 0 amide bonds. The van der Waals surface area contributed by atoms with Crippen LogP contribution in [0.25, 0.3) is 0 Å². The summed E-state index contributed by atoms with van der Waals surface area (Å²) in [6.07, 6.45) is 0. The molecule has 0 aliphatic carbocycles. The fourth-order valence-electron chi connectivity index (χ4n) is 0. The zero-order chi connectivity index (χ0) is 5.21. The fraction of sp³-hybridized carbons (Fsp3) is 0. The first kappa shape index (κ1) is 10.9. The molecule has 0 saturated carbocycles. The predicted octanol–water partition coefficient (Wildman–Crippen LogP) is -1.63. The summed E-state index contributed by atoms with van der Waals surface area (Å²) in [5.74, 6) is 0. The maximum absolute atomic E-state index is 9.51. The second kappa shape index (κ2) is 4.00. The van der Waals surface area contributed by atoms with E-state index < -0.39 is 7.82 Å². The number of hydrogen-bond acceptors (Lipinski definition) is 2. The van der Waals surface area contributed by atoms with E-state index in [1.54, 1.807) is 0 Å². The first-order valence-electron chi connectivity index (χ1n) is 1.17. The first-order chi connectivity index (χ1) is 2.56. The molecule has 0 aliphatic rings. The van der Waals surface area contributed by atoms with Crippen molar-refractivity contribution in [2.75, 3.05) is 0 Å². The van der Waals surface area contributed by atoms with Gasteiger partial charge in [0.15, 0.2) is 10.5 Å². The van der Waals surface area contributed by atoms with Gasteiger partial charge in [-0.05, 0) is 0 Å². The summed E-state index contributed by atoms with van der Waals surface area (Å²) in [6, 6.07) is 0. The van der Waals surface area contributed by atoms with Crippen molar-refractivity contribution in [3.63, 3.8) is 0 Å². The summed E-state index contributed by atoms with van der Waals surface area (Å²) in [6.45, 7) is 0. The number of phosphoric acid groups is 1. The van der Waals surface area contributed by atoms with Crippen LogP contribution in [-0.2, 0) is 31.2 Å². The van der Waals surface area contributed by atoms with E-state index in [-0.39, 0.29) is 32.9 Å². The van der Waals surface area contributed by atoms with Crippen molar-refractivity contribution in [3.8, 4) is 0 Å². The van der Waals surface area contributed by atoms with E-state index in [2.05, 4.69) is 4.21 Å². The Morgan fingerprint density at radius 1 is 1.57 bits per heavy atom. The molecule has 0 bridgehead atoms. The standard InChI is InChI=1S/Ag.H5O4PSi/c;1-5(2,3)4-6/h;6H3,(H2,1,2,3). The maximum atomic E-state index is 9.51. The van der Waals surface area contributed by atoms with Gasteiger partial charge in [-0.15, -0.1) is 0 Å². The SMILES string of the molecule is O=P(O)(O)O[SiH3].[Ag]. The number of hydrogen-bond donors (Lipinski definition) is 2. The summed E-state index contributed by atoms with van der Waals surface area (Å²) in [4.78, 5) is 15.5. The van der Waals surface area contributed by atoms with Crippen LogP contribution in [0.15, 0.2) is 0 Å². The molecule has 7 heteroatoms. The van der Waals surface area contributed by atoms with Gasteiger partial charge in [-0.3, -0.25) is 0 Å². The molecule has 0 aliphatic heterocycles. The summed E-state index contributed by atoms with van der Waals surface area (Å²) in [5, 5.41) is 0. The summed E-state index contributed by atoms with van der Waals surface area (Å²) < 4.78 is 13.2. The van der Waals surface area contributed by atoms with Crippen molar-refractivity contribution in [1.82, 2.24) is 0 Å².